The number of Topliss-reactive ketones (excluding diaryl/α,β-unsaturated/α-hetero) is 1. The maximum absolute atomic E-state index is 12.3. The molecule has 0 radical (unpaired) electrons. The van der Waals surface area contributed by atoms with Crippen molar-refractivity contribution < 1.29 is 15.0 Å². The molecule has 18 heavy (non-hydrogen) atoms. The largest absolute Gasteiger partial charge is 0.508 e. The first-order chi connectivity index (χ1) is 8.65. The van der Waals surface area contributed by atoms with Gasteiger partial charge in [-0.25, -0.2) is 0 Å². The molecule has 1 aliphatic carbocycles. The molecule has 3 heteroatoms. The Labute approximate surface area is 107 Å². The van der Waals surface area contributed by atoms with Crippen molar-refractivity contribution in [1.82, 2.24) is 0 Å². The Hall–Kier alpha value is -1.35. The van der Waals surface area contributed by atoms with Crippen molar-refractivity contribution in [1.29, 1.82) is 0 Å². The van der Waals surface area contributed by atoms with Crippen LogP contribution in [0.4, 0.5) is 0 Å². The Balaban J connectivity index is 2.29. The number of rotatable bonds is 6. The number of ketones is 1. The number of carbonyl (C=O) groups is 1. The number of phenols is 1. The molecule has 1 fully saturated rings. The predicted molar refractivity (Wildman–Crippen MR) is 69.5 cm³/mol. The van der Waals surface area contributed by atoms with Crippen LogP contribution < -0.4 is 0 Å². The third kappa shape index (κ3) is 2.72. The van der Waals surface area contributed by atoms with Gasteiger partial charge in [0.1, 0.15) is 11.5 Å². The number of benzene rings is 1. The molecule has 2 rings (SSSR count). The molecule has 0 saturated heterocycles. The van der Waals surface area contributed by atoms with Crippen molar-refractivity contribution in [3.8, 4) is 5.75 Å². The van der Waals surface area contributed by atoms with Gasteiger partial charge in [0.05, 0.1) is 12.0 Å². The monoisotopic (exact) mass is 248 g/mol. The minimum atomic E-state index is -0.698. The first-order valence-corrected chi connectivity index (χ1v) is 6.64. The first kappa shape index (κ1) is 13.1. The van der Waals surface area contributed by atoms with Crippen LogP contribution in [-0.2, 0) is 4.79 Å². The molecule has 0 aromatic heterocycles. The van der Waals surface area contributed by atoms with Gasteiger partial charge in [0.2, 0.25) is 0 Å². The Morgan fingerprint density at radius 2 is 2.06 bits per heavy atom. The Morgan fingerprint density at radius 3 is 2.61 bits per heavy atom. The van der Waals surface area contributed by atoms with Gasteiger partial charge in [0.15, 0.2) is 0 Å². The molecule has 0 aliphatic heterocycles. The lowest BCUT2D eigenvalue weighted by molar-refractivity contribution is -0.124. The average molecular weight is 248 g/mol. The Morgan fingerprint density at radius 1 is 1.39 bits per heavy atom. The van der Waals surface area contributed by atoms with Crippen LogP contribution in [-0.4, -0.2) is 22.1 Å². The minimum Gasteiger partial charge on any atom is -0.508 e. The SMILES string of the molecule is CCC[C@H](O)[C@H](C(=O)C1CC1)c1ccccc1O. The van der Waals surface area contributed by atoms with E-state index in [1.165, 1.54) is 0 Å². The standard InChI is InChI=1S/C15H20O3/c1-2-5-13(17)14(15(18)10-8-9-10)11-6-3-4-7-12(11)16/h3-4,6-7,10,13-14,16-17H,2,5,8-9H2,1H3/t13-,14+/m0/s1. The van der Waals surface area contributed by atoms with Gasteiger partial charge in [-0.15, -0.1) is 0 Å². The zero-order chi connectivity index (χ0) is 13.1. The number of aliphatic hydroxyl groups excluding tert-OH is 1. The average Bonchev–Trinajstić information content (AvgIpc) is 3.16. The number of hydrogen-bond acceptors (Lipinski definition) is 3. The summed E-state index contributed by atoms with van der Waals surface area (Å²) in [5.41, 5.74) is 0.565. The van der Waals surface area contributed by atoms with Crippen molar-refractivity contribution in [2.45, 2.75) is 44.6 Å². The summed E-state index contributed by atoms with van der Waals surface area (Å²) < 4.78 is 0. The second-order valence-corrected chi connectivity index (χ2v) is 5.07. The van der Waals surface area contributed by atoms with Crippen LogP contribution in [0.5, 0.6) is 5.75 Å². The molecular weight excluding hydrogens is 228 g/mol. The molecule has 0 heterocycles. The molecule has 0 bridgehead atoms. The van der Waals surface area contributed by atoms with E-state index < -0.39 is 12.0 Å². The van der Waals surface area contributed by atoms with Crippen molar-refractivity contribution in [3.05, 3.63) is 29.8 Å². The van der Waals surface area contributed by atoms with Crippen molar-refractivity contribution in [3.63, 3.8) is 0 Å². The third-order valence-corrected chi connectivity index (χ3v) is 3.53. The molecule has 0 unspecified atom stereocenters. The second kappa shape index (κ2) is 5.53. The van der Waals surface area contributed by atoms with Gasteiger partial charge in [-0.1, -0.05) is 31.5 Å². The van der Waals surface area contributed by atoms with Gasteiger partial charge in [-0.05, 0) is 25.3 Å². The van der Waals surface area contributed by atoms with Gasteiger partial charge >= 0.3 is 0 Å². The lowest BCUT2D eigenvalue weighted by Gasteiger charge is -2.22. The molecule has 0 amide bonds. The van der Waals surface area contributed by atoms with E-state index in [4.69, 9.17) is 0 Å². The predicted octanol–water partition coefficient (Wildman–Crippen LogP) is 2.62. The maximum Gasteiger partial charge on any atom is 0.146 e. The maximum atomic E-state index is 12.3. The van der Waals surface area contributed by atoms with Gasteiger partial charge in [-0.3, -0.25) is 4.79 Å². The first-order valence-electron chi connectivity index (χ1n) is 6.64. The number of aromatic hydroxyl groups is 1. The number of phenolic OH excluding ortho intramolecular Hbond substituents is 1. The summed E-state index contributed by atoms with van der Waals surface area (Å²) in [7, 11) is 0. The van der Waals surface area contributed by atoms with E-state index in [0.717, 1.165) is 19.3 Å². The molecule has 1 aromatic rings. The van der Waals surface area contributed by atoms with Crippen LogP contribution in [0.25, 0.3) is 0 Å². The molecule has 2 N–H and O–H groups in total. The second-order valence-electron chi connectivity index (χ2n) is 5.07. The molecule has 3 nitrogen and oxygen atoms in total. The Bertz CT molecular complexity index is 424. The summed E-state index contributed by atoms with van der Waals surface area (Å²) in [6.45, 7) is 1.98. The lowest BCUT2D eigenvalue weighted by atomic mass is 9.85. The normalized spacial score (nSPS) is 18.3. The molecule has 1 saturated carbocycles. The van der Waals surface area contributed by atoms with Gasteiger partial charge in [-0.2, -0.15) is 0 Å². The highest BCUT2D eigenvalue weighted by Crippen LogP contribution is 2.39. The van der Waals surface area contributed by atoms with E-state index in [0.29, 0.717) is 12.0 Å². The number of carbonyl (C=O) groups excluding carboxylic acids is 1. The molecule has 98 valence electrons. The topological polar surface area (TPSA) is 57.5 Å². The van der Waals surface area contributed by atoms with E-state index in [2.05, 4.69) is 0 Å². The summed E-state index contributed by atoms with van der Waals surface area (Å²) in [6, 6.07) is 6.82. The number of para-hydroxylation sites is 1. The molecule has 0 spiro atoms. The van der Waals surface area contributed by atoms with Gasteiger partial charge in [0.25, 0.3) is 0 Å². The van der Waals surface area contributed by atoms with Gasteiger partial charge < -0.3 is 10.2 Å². The summed E-state index contributed by atoms with van der Waals surface area (Å²) in [4.78, 5) is 12.3. The summed E-state index contributed by atoms with van der Waals surface area (Å²) in [5, 5.41) is 20.1. The van der Waals surface area contributed by atoms with Gasteiger partial charge in [0, 0.05) is 11.5 Å². The smallest absolute Gasteiger partial charge is 0.146 e. The molecular formula is C15H20O3. The van der Waals surface area contributed by atoms with Crippen molar-refractivity contribution in [2.24, 2.45) is 5.92 Å². The fourth-order valence-electron chi connectivity index (χ4n) is 2.38. The highest BCUT2D eigenvalue weighted by Gasteiger charge is 2.39. The van der Waals surface area contributed by atoms with Crippen molar-refractivity contribution in [2.75, 3.05) is 0 Å². The van der Waals surface area contributed by atoms with Crippen LogP contribution in [0, 0.1) is 5.92 Å². The van der Waals surface area contributed by atoms with Crippen LogP contribution in [0.2, 0.25) is 0 Å². The number of hydrogen-bond donors (Lipinski definition) is 2. The van der Waals surface area contributed by atoms with E-state index in [1.54, 1.807) is 24.3 Å². The minimum absolute atomic E-state index is 0.0810. The molecule has 1 aliphatic rings. The van der Waals surface area contributed by atoms with Crippen LogP contribution in [0.3, 0.4) is 0 Å². The highest BCUT2D eigenvalue weighted by atomic mass is 16.3. The lowest BCUT2D eigenvalue weighted by Crippen LogP contribution is -2.27. The zero-order valence-corrected chi connectivity index (χ0v) is 10.7. The molecule has 2 atom stereocenters. The third-order valence-electron chi connectivity index (χ3n) is 3.53. The molecule has 1 aromatic carbocycles. The quantitative estimate of drug-likeness (QED) is 0.813. The van der Waals surface area contributed by atoms with E-state index in [9.17, 15) is 15.0 Å². The fourth-order valence-corrected chi connectivity index (χ4v) is 2.38. The van der Waals surface area contributed by atoms with Crippen LogP contribution in [0.1, 0.15) is 44.1 Å². The zero-order valence-electron chi connectivity index (χ0n) is 10.7. The van der Waals surface area contributed by atoms with Crippen LogP contribution in [0.15, 0.2) is 24.3 Å². The van der Waals surface area contributed by atoms with E-state index in [1.807, 2.05) is 6.92 Å². The summed E-state index contributed by atoms with van der Waals surface area (Å²) in [6.07, 6.45) is 2.54. The highest BCUT2D eigenvalue weighted by molar-refractivity contribution is 5.90. The van der Waals surface area contributed by atoms with Crippen molar-refractivity contribution >= 4 is 5.78 Å². The Kier molecular flexibility index (Phi) is 4.02. The summed E-state index contributed by atoms with van der Waals surface area (Å²) in [5.74, 6) is -0.302. The number of aliphatic hydroxyl groups is 1. The van der Waals surface area contributed by atoms with E-state index >= 15 is 0 Å². The van der Waals surface area contributed by atoms with Crippen LogP contribution >= 0.6 is 0 Å². The van der Waals surface area contributed by atoms with E-state index in [-0.39, 0.29) is 17.5 Å². The fraction of sp³-hybridized carbons (Fsp3) is 0.533. The summed E-state index contributed by atoms with van der Waals surface area (Å²) >= 11 is 0.